The first-order valence-corrected chi connectivity index (χ1v) is 13.5. The molecule has 0 saturated heterocycles. The quantitative estimate of drug-likeness (QED) is 0.432. The van der Waals surface area contributed by atoms with Gasteiger partial charge in [0.1, 0.15) is 0 Å². The van der Waals surface area contributed by atoms with Crippen molar-refractivity contribution in [2.24, 2.45) is 0 Å². The molecule has 1 aromatic heterocycles. The molecule has 0 aromatic carbocycles. The standard InChI is InChI=1S/C10H4N2S2Se4/c1-2-12-6-5(11-1)15-9(16-6)10-17-7-8(18-10)14-4-3-13-7/h1-4H. The Kier molecular flexibility index (Phi) is 3.88. The predicted octanol–water partition coefficient (Wildman–Crippen LogP) is -0.224. The number of aromatic nitrogens is 2. The van der Waals surface area contributed by atoms with Gasteiger partial charge in [0.25, 0.3) is 0 Å². The van der Waals surface area contributed by atoms with Crippen LogP contribution >= 0.6 is 23.5 Å². The summed E-state index contributed by atoms with van der Waals surface area (Å²) in [7, 11) is 0. The molecular formula is C10H4N2S2Se4. The van der Waals surface area contributed by atoms with Crippen LogP contribution in [0.4, 0.5) is 0 Å². The Labute approximate surface area is 138 Å². The SMILES string of the molecule is C1=CSC2=C(S1)[Se]C(=C1[Se]c3nccnc3[Se]1)[Se]2. The average Bonchev–Trinajstić information content (AvgIpc) is 3.02. The van der Waals surface area contributed by atoms with Gasteiger partial charge >= 0.3 is 140 Å². The van der Waals surface area contributed by atoms with E-state index < -0.39 is 0 Å². The third-order valence-corrected chi connectivity index (χ3v) is 21.0. The molecule has 0 spiro atoms. The topological polar surface area (TPSA) is 25.8 Å². The molecule has 3 aliphatic rings. The molecule has 8 heteroatoms. The van der Waals surface area contributed by atoms with Crippen molar-refractivity contribution >= 4 is 92.5 Å². The average molecular weight is 532 g/mol. The van der Waals surface area contributed by atoms with E-state index in [0.717, 1.165) is 0 Å². The van der Waals surface area contributed by atoms with Crippen molar-refractivity contribution in [1.29, 1.82) is 0 Å². The Morgan fingerprint density at radius 1 is 0.722 bits per heavy atom. The molecule has 18 heavy (non-hydrogen) atoms. The molecule has 0 atom stereocenters. The van der Waals surface area contributed by atoms with Crippen molar-refractivity contribution in [3.05, 3.63) is 37.6 Å². The maximum atomic E-state index is 4.50. The molecule has 0 N–H and O–H groups in total. The maximum absolute atomic E-state index is 4.50. The molecular weight excluding hydrogens is 528 g/mol. The summed E-state index contributed by atoms with van der Waals surface area (Å²) in [6.07, 6.45) is 3.68. The summed E-state index contributed by atoms with van der Waals surface area (Å²) in [5.41, 5.74) is 0. The Hall–Kier alpha value is 1.08. The second kappa shape index (κ2) is 5.46. The van der Waals surface area contributed by atoms with Crippen LogP contribution in [0.2, 0.25) is 0 Å². The van der Waals surface area contributed by atoms with Gasteiger partial charge in [0.15, 0.2) is 0 Å². The monoisotopic (exact) mass is 536 g/mol. The first-order valence-electron chi connectivity index (χ1n) is 4.89. The fraction of sp³-hybridized carbons (Fsp3) is 0. The van der Waals surface area contributed by atoms with E-state index in [2.05, 4.69) is 20.8 Å². The summed E-state index contributed by atoms with van der Waals surface area (Å²) in [6.45, 7) is 0. The van der Waals surface area contributed by atoms with Gasteiger partial charge in [-0.3, -0.25) is 0 Å². The van der Waals surface area contributed by atoms with Crippen LogP contribution in [0.15, 0.2) is 37.6 Å². The van der Waals surface area contributed by atoms with E-state index in [0.29, 0.717) is 59.8 Å². The summed E-state index contributed by atoms with van der Waals surface area (Å²) in [4.78, 5) is 8.99. The number of hydrogen-bond donors (Lipinski definition) is 0. The van der Waals surface area contributed by atoms with E-state index in [1.165, 1.54) is 9.18 Å². The molecule has 3 aliphatic heterocycles. The molecule has 0 unspecified atom stereocenters. The first-order chi connectivity index (χ1) is 8.90. The van der Waals surface area contributed by atoms with E-state index in [1.54, 1.807) is 14.3 Å². The summed E-state index contributed by atoms with van der Waals surface area (Å²) in [5, 5.41) is 4.47. The molecule has 0 radical (unpaired) electrons. The Bertz CT molecular complexity index is 577. The van der Waals surface area contributed by atoms with Gasteiger partial charge in [0, 0.05) is 0 Å². The van der Waals surface area contributed by atoms with Gasteiger partial charge in [-0.25, -0.2) is 0 Å². The van der Waals surface area contributed by atoms with Crippen LogP contribution in [-0.2, 0) is 0 Å². The summed E-state index contributed by atoms with van der Waals surface area (Å²) >= 11 is 6.06. The summed E-state index contributed by atoms with van der Waals surface area (Å²) in [6, 6.07) is 0. The predicted molar refractivity (Wildman–Crippen MR) is 82.7 cm³/mol. The molecule has 0 fully saturated rings. The molecule has 1 aromatic rings. The summed E-state index contributed by atoms with van der Waals surface area (Å²) in [5.74, 6) is 0. The number of nitrogens with zero attached hydrogens (tertiary/aromatic N) is 2. The Morgan fingerprint density at radius 2 is 1.22 bits per heavy atom. The van der Waals surface area contributed by atoms with Gasteiger partial charge in [-0.2, -0.15) is 0 Å². The molecule has 90 valence electrons. The van der Waals surface area contributed by atoms with Crippen LogP contribution in [0.3, 0.4) is 0 Å². The normalized spacial score (nSPS) is 21.6. The van der Waals surface area contributed by atoms with E-state index in [4.69, 9.17) is 0 Å². The van der Waals surface area contributed by atoms with Gasteiger partial charge in [-0.1, -0.05) is 0 Å². The number of rotatable bonds is 0. The van der Waals surface area contributed by atoms with Crippen LogP contribution in [0.5, 0.6) is 0 Å². The van der Waals surface area contributed by atoms with Crippen molar-refractivity contribution in [2.45, 2.75) is 0 Å². The third-order valence-electron chi connectivity index (χ3n) is 2.12. The molecule has 2 nitrogen and oxygen atoms in total. The van der Waals surface area contributed by atoms with Crippen molar-refractivity contribution in [1.82, 2.24) is 9.97 Å². The first kappa shape index (κ1) is 12.8. The molecule has 4 heterocycles. The van der Waals surface area contributed by atoms with E-state index in [9.17, 15) is 0 Å². The van der Waals surface area contributed by atoms with Gasteiger partial charge in [0.05, 0.1) is 0 Å². The van der Waals surface area contributed by atoms with E-state index in [1.807, 2.05) is 35.9 Å². The minimum atomic E-state index is 0.472. The molecule has 0 bridgehead atoms. The zero-order chi connectivity index (χ0) is 11.9. The molecule has 4 rings (SSSR count). The van der Waals surface area contributed by atoms with E-state index in [-0.39, 0.29) is 0 Å². The fourth-order valence-electron chi connectivity index (χ4n) is 1.41. The second-order valence-corrected chi connectivity index (χ2v) is 17.3. The Morgan fingerprint density at radius 3 is 1.78 bits per heavy atom. The van der Waals surface area contributed by atoms with Gasteiger partial charge in [-0.15, -0.1) is 0 Å². The molecule has 0 saturated carbocycles. The van der Waals surface area contributed by atoms with Crippen molar-refractivity contribution < 1.29 is 0 Å². The number of thioether (sulfide) groups is 2. The van der Waals surface area contributed by atoms with Crippen LogP contribution in [0, 0.1) is 0 Å². The van der Waals surface area contributed by atoms with Crippen molar-refractivity contribution in [3.8, 4) is 0 Å². The van der Waals surface area contributed by atoms with Crippen molar-refractivity contribution in [2.75, 3.05) is 0 Å². The van der Waals surface area contributed by atoms with Crippen LogP contribution in [0.1, 0.15) is 0 Å². The van der Waals surface area contributed by atoms with Crippen LogP contribution < -0.4 is 9.18 Å². The molecule has 0 amide bonds. The minimum absolute atomic E-state index is 0.472. The molecule has 0 aliphatic carbocycles. The van der Waals surface area contributed by atoms with Crippen molar-refractivity contribution in [3.63, 3.8) is 0 Å². The zero-order valence-corrected chi connectivity index (χ0v) is 17.1. The second-order valence-electron chi connectivity index (χ2n) is 3.23. The van der Waals surface area contributed by atoms with Gasteiger partial charge < -0.3 is 0 Å². The number of fused-ring (bicyclic) bond motifs is 1. The summed E-state index contributed by atoms with van der Waals surface area (Å²) < 4.78 is 9.46. The van der Waals surface area contributed by atoms with Gasteiger partial charge in [-0.05, 0) is 0 Å². The van der Waals surface area contributed by atoms with Crippen LogP contribution in [-0.4, -0.2) is 69.8 Å². The van der Waals surface area contributed by atoms with Crippen LogP contribution in [0.25, 0.3) is 0 Å². The fourth-order valence-corrected chi connectivity index (χ4v) is 20.8. The Balaban J connectivity index is 1.62. The zero-order valence-electron chi connectivity index (χ0n) is 8.65. The van der Waals surface area contributed by atoms with E-state index >= 15 is 0 Å². The van der Waals surface area contributed by atoms with Gasteiger partial charge in [0.2, 0.25) is 0 Å². The third kappa shape index (κ3) is 2.38. The number of hydrogen-bond acceptors (Lipinski definition) is 4.